The van der Waals surface area contributed by atoms with Crippen LogP contribution in [0.25, 0.3) is 0 Å². The van der Waals surface area contributed by atoms with Gasteiger partial charge in [-0.3, -0.25) is 9.00 Å². The normalized spacial score (nSPS) is 24.1. The van der Waals surface area contributed by atoms with E-state index in [1.165, 1.54) is 18.2 Å². The predicted molar refractivity (Wildman–Crippen MR) is 73.9 cm³/mol. The smallest absolute Gasteiger partial charge is 0.321 e. The van der Waals surface area contributed by atoms with Crippen molar-refractivity contribution < 1.29 is 22.5 Å². The zero-order valence-electron chi connectivity index (χ0n) is 11.5. The van der Waals surface area contributed by atoms with Crippen molar-refractivity contribution >= 4 is 26.8 Å². The van der Waals surface area contributed by atoms with Gasteiger partial charge >= 0.3 is 5.97 Å². The van der Waals surface area contributed by atoms with Gasteiger partial charge in [-0.1, -0.05) is 0 Å². The molecule has 6 nitrogen and oxygen atoms in total. The van der Waals surface area contributed by atoms with Crippen LogP contribution in [-0.4, -0.2) is 57.9 Å². The molecule has 0 aromatic carbocycles. The van der Waals surface area contributed by atoms with E-state index in [2.05, 4.69) is 0 Å². The minimum absolute atomic E-state index is 0.0390. The molecule has 1 rings (SSSR count). The Bertz CT molecular complexity index is 471. The van der Waals surface area contributed by atoms with Gasteiger partial charge in [-0.15, -0.1) is 0 Å². The molecule has 2 atom stereocenters. The van der Waals surface area contributed by atoms with Gasteiger partial charge in [-0.05, 0) is 32.6 Å². The number of carboxylic acid groups (broad SMARTS) is 1. The van der Waals surface area contributed by atoms with Crippen LogP contribution in [0, 0.1) is 5.92 Å². The van der Waals surface area contributed by atoms with Crippen molar-refractivity contribution in [1.29, 1.82) is 0 Å². The average Bonchev–Trinajstić information content (AvgIpc) is 2.27. The second kappa shape index (κ2) is 5.88. The molecule has 8 heteroatoms. The molecule has 0 aliphatic carbocycles. The van der Waals surface area contributed by atoms with Crippen molar-refractivity contribution in [2.45, 2.75) is 31.4 Å². The van der Waals surface area contributed by atoms with Crippen molar-refractivity contribution in [2.75, 3.05) is 25.1 Å². The monoisotopic (exact) mass is 311 g/mol. The van der Waals surface area contributed by atoms with Crippen LogP contribution < -0.4 is 0 Å². The maximum Gasteiger partial charge on any atom is 0.321 e. The highest BCUT2D eigenvalue weighted by atomic mass is 32.2. The number of aliphatic carboxylic acids is 1. The van der Waals surface area contributed by atoms with Gasteiger partial charge in [0.2, 0.25) is 10.0 Å². The molecule has 112 valence electrons. The third kappa shape index (κ3) is 4.25. The zero-order valence-corrected chi connectivity index (χ0v) is 13.1. The topological polar surface area (TPSA) is 91.8 Å². The van der Waals surface area contributed by atoms with Crippen molar-refractivity contribution in [2.24, 2.45) is 5.92 Å². The fraction of sp³-hybridized carbons (Fsp3) is 0.909. The van der Waals surface area contributed by atoms with Gasteiger partial charge in [0.15, 0.2) is 0 Å². The second-order valence-electron chi connectivity index (χ2n) is 5.46. The number of nitrogens with zero attached hydrogens (tertiary/aromatic N) is 1. The minimum Gasteiger partial charge on any atom is -0.480 e. The molecule has 0 spiro atoms. The van der Waals surface area contributed by atoms with E-state index in [1.54, 1.807) is 0 Å². The molecule has 1 aliphatic rings. The molecular weight excluding hydrogens is 290 g/mol. The molecule has 2 unspecified atom stereocenters. The number of piperidine rings is 1. The Balaban J connectivity index is 2.68. The Labute approximate surface area is 116 Å². The number of hydrogen-bond acceptors (Lipinski definition) is 4. The molecule has 0 saturated carbocycles. The molecule has 0 amide bonds. The van der Waals surface area contributed by atoms with E-state index in [0.717, 1.165) is 19.1 Å². The number of hydrogen-bond donors (Lipinski definition) is 1. The van der Waals surface area contributed by atoms with Crippen LogP contribution in [0.4, 0.5) is 0 Å². The highest BCUT2D eigenvalue weighted by Gasteiger charge is 2.37. The van der Waals surface area contributed by atoms with Crippen LogP contribution in [0.5, 0.6) is 0 Å². The van der Waals surface area contributed by atoms with Crippen molar-refractivity contribution in [3.63, 3.8) is 0 Å². The summed E-state index contributed by atoms with van der Waals surface area (Å²) >= 11 is 0. The first kappa shape index (κ1) is 16.6. The van der Waals surface area contributed by atoms with Crippen molar-refractivity contribution in [1.82, 2.24) is 4.31 Å². The maximum atomic E-state index is 12.1. The Kier molecular flexibility index (Phi) is 5.14. The highest BCUT2D eigenvalue weighted by Crippen LogP contribution is 2.23. The molecular formula is C11H21NO5S2. The average molecular weight is 311 g/mol. The number of rotatable bonds is 5. The summed E-state index contributed by atoms with van der Waals surface area (Å²) in [6, 6.07) is 0. The van der Waals surface area contributed by atoms with E-state index < -0.39 is 31.5 Å². The minimum atomic E-state index is -3.23. The van der Waals surface area contributed by atoms with E-state index in [9.17, 15) is 17.4 Å². The number of carbonyl (C=O) groups is 1. The highest BCUT2D eigenvalue weighted by molar-refractivity contribution is 7.88. The Hall–Kier alpha value is -0.470. The summed E-state index contributed by atoms with van der Waals surface area (Å²) in [5, 5.41) is 9.02. The summed E-state index contributed by atoms with van der Waals surface area (Å²) in [5.41, 5.74) is 0. The van der Waals surface area contributed by atoms with Gasteiger partial charge in [-0.2, -0.15) is 0 Å². The van der Waals surface area contributed by atoms with Gasteiger partial charge in [-0.25, -0.2) is 12.7 Å². The summed E-state index contributed by atoms with van der Waals surface area (Å²) in [6.45, 7) is 3.69. The number of sulfonamides is 1. The largest absolute Gasteiger partial charge is 0.480 e. The van der Waals surface area contributed by atoms with Gasteiger partial charge in [0.05, 0.1) is 6.26 Å². The van der Waals surface area contributed by atoms with Gasteiger partial charge in [0.1, 0.15) is 4.75 Å². The van der Waals surface area contributed by atoms with Crippen molar-refractivity contribution in [3.8, 4) is 0 Å². The first-order chi connectivity index (χ1) is 8.55. The van der Waals surface area contributed by atoms with Crippen LogP contribution in [0.15, 0.2) is 0 Å². The molecule has 1 heterocycles. The molecule has 19 heavy (non-hydrogen) atoms. The predicted octanol–water partition coefficient (Wildman–Crippen LogP) is 0.270. The third-order valence-electron chi connectivity index (χ3n) is 3.42. The molecule has 1 N–H and O–H groups in total. The van der Waals surface area contributed by atoms with Gasteiger partial charge < -0.3 is 5.11 Å². The SMILES string of the molecule is CC(C)(C(=O)O)S(=O)CC1CCCN(S(C)(=O)=O)C1. The first-order valence-electron chi connectivity index (χ1n) is 6.12. The molecule has 0 bridgehead atoms. The van der Waals surface area contributed by atoms with Crippen molar-refractivity contribution in [3.05, 3.63) is 0 Å². The first-order valence-corrected chi connectivity index (χ1v) is 9.29. The Morgan fingerprint density at radius 2 is 2.05 bits per heavy atom. The lowest BCUT2D eigenvalue weighted by Gasteiger charge is -2.32. The lowest BCUT2D eigenvalue weighted by molar-refractivity contribution is -0.139. The van der Waals surface area contributed by atoms with E-state index in [-0.39, 0.29) is 11.7 Å². The summed E-state index contributed by atoms with van der Waals surface area (Å²) < 4.78 is 35.1. The fourth-order valence-electron chi connectivity index (χ4n) is 1.98. The van der Waals surface area contributed by atoms with Crippen LogP contribution in [0.2, 0.25) is 0 Å². The van der Waals surface area contributed by atoms with E-state index >= 15 is 0 Å². The summed E-state index contributed by atoms with van der Waals surface area (Å²) in [6.07, 6.45) is 2.67. The molecule has 1 saturated heterocycles. The van der Waals surface area contributed by atoms with Gasteiger partial charge in [0, 0.05) is 29.6 Å². The Morgan fingerprint density at radius 3 is 2.53 bits per heavy atom. The fourth-order valence-corrected chi connectivity index (χ4v) is 4.24. The van der Waals surface area contributed by atoms with Crippen LogP contribution in [0.1, 0.15) is 26.7 Å². The lowest BCUT2D eigenvalue weighted by Crippen LogP contribution is -2.44. The van der Waals surface area contributed by atoms with E-state index in [0.29, 0.717) is 13.1 Å². The summed E-state index contributed by atoms with van der Waals surface area (Å²) in [5.74, 6) is -0.907. The standard InChI is InChI=1S/C11H21NO5S2/c1-11(2,10(13)14)18(15)8-9-5-4-6-12(7-9)19(3,16)17/h9H,4-8H2,1-3H3,(H,13,14). The van der Waals surface area contributed by atoms with E-state index in [4.69, 9.17) is 5.11 Å². The maximum absolute atomic E-state index is 12.1. The summed E-state index contributed by atoms with van der Waals surface area (Å²) in [4.78, 5) is 11.0. The molecule has 0 radical (unpaired) electrons. The number of carboxylic acids is 1. The molecule has 1 fully saturated rings. The van der Waals surface area contributed by atoms with E-state index in [1.807, 2.05) is 0 Å². The summed E-state index contributed by atoms with van der Waals surface area (Å²) in [7, 11) is -4.75. The van der Waals surface area contributed by atoms with Crippen LogP contribution >= 0.6 is 0 Å². The lowest BCUT2D eigenvalue weighted by atomic mass is 10.0. The molecule has 1 aliphatic heterocycles. The van der Waals surface area contributed by atoms with Crippen LogP contribution in [-0.2, 0) is 25.6 Å². The quantitative estimate of drug-likeness (QED) is 0.787. The zero-order chi connectivity index (χ0) is 14.8. The second-order valence-corrected chi connectivity index (χ2v) is 9.48. The molecule has 0 aromatic heterocycles. The van der Waals surface area contributed by atoms with Crippen LogP contribution in [0.3, 0.4) is 0 Å². The third-order valence-corrected chi connectivity index (χ3v) is 6.78. The molecule has 0 aromatic rings. The van der Waals surface area contributed by atoms with Gasteiger partial charge in [0.25, 0.3) is 0 Å². The Morgan fingerprint density at radius 1 is 1.47 bits per heavy atom.